The number of ketones is 1. The Labute approximate surface area is 221 Å². The molecule has 0 amide bonds. The highest BCUT2D eigenvalue weighted by molar-refractivity contribution is 7.84. The molecule has 5 aromatic rings. The Bertz CT molecular complexity index is 1630. The molecule has 38 heavy (non-hydrogen) atoms. The molecule has 0 saturated carbocycles. The zero-order valence-electron chi connectivity index (χ0n) is 20.8. The fourth-order valence-electron chi connectivity index (χ4n) is 4.12. The number of rotatable bonds is 9. The second-order valence-electron chi connectivity index (χ2n) is 8.81. The first-order valence-electron chi connectivity index (χ1n) is 11.9. The number of hydrogen-bond donors (Lipinski definition) is 1. The van der Waals surface area contributed by atoms with Crippen molar-refractivity contribution in [3.05, 3.63) is 102 Å². The first-order chi connectivity index (χ1) is 18.4. The fraction of sp³-hybridized carbons (Fsp3) is 0.138. The van der Waals surface area contributed by atoms with Crippen LogP contribution < -0.4 is 10.1 Å². The van der Waals surface area contributed by atoms with Gasteiger partial charge in [0.1, 0.15) is 17.3 Å². The number of carbonyl (C=O) groups is 1. The fourth-order valence-corrected chi connectivity index (χ4v) is 4.65. The van der Waals surface area contributed by atoms with Gasteiger partial charge in [0, 0.05) is 46.6 Å². The highest BCUT2D eigenvalue weighted by Gasteiger charge is 2.11. The smallest absolute Gasteiger partial charge is 0.247 e. The number of benzene rings is 3. The summed E-state index contributed by atoms with van der Waals surface area (Å²) in [6.07, 6.45) is 4.10. The van der Waals surface area contributed by atoms with Gasteiger partial charge in [-0.15, -0.1) is 5.10 Å². The van der Waals surface area contributed by atoms with Gasteiger partial charge in [-0.25, -0.2) is 8.91 Å². The molecular formula is C29H25FN4O3S. The van der Waals surface area contributed by atoms with Crippen LogP contribution in [0.25, 0.3) is 16.8 Å². The lowest BCUT2D eigenvalue weighted by Crippen LogP contribution is -2.06. The molecule has 1 atom stereocenters. The third kappa shape index (κ3) is 5.78. The van der Waals surface area contributed by atoms with E-state index in [2.05, 4.69) is 15.4 Å². The number of halogens is 1. The van der Waals surface area contributed by atoms with Gasteiger partial charge in [0.15, 0.2) is 5.65 Å². The molecule has 0 radical (unpaired) electrons. The standard InChI is InChI=1S/C29H25FN4O3S/c1-37-27-17-25(38(2)36)12-13-26(27)31-29-32-28-14-9-22(18-34(28)33-29)21-7-3-19(4-8-21)15-24(35)16-20-5-10-23(30)11-6-20/h3-14,17-18H,15-16H2,1-2H3,(H,31,33)/t38-/m1/s1. The summed E-state index contributed by atoms with van der Waals surface area (Å²) in [7, 11) is 0.440. The van der Waals surface area contributed by atoms with Crippen molar-refractivity contribution < 1.29 is 18.1 Å². The van der Waals surface area contributed by atoms with Crippen LogP contribution in [0.3, 0.4) is 0 Å². The first kappa shape index (κ1) is 25.3. The third-order valence-corrected chi connectivity index (χ3v) is 7.00. The largest absolute Gasteiger partial charge is 0.495 e. The number of pyridine rings is 1. The van der Waals surface area contributed by atoms with Crippen LogP contribution in [0.4, 0.5) is 16.0 Å². The van der Waals surface area contributed by atoms with Crippen molar-refractivity contribution in [3.8, 4) is 16.9 Å². The van der Waals surface area contributed by atoms with Gasteiger partial charge >= 0.3 is 0 Å². The number of anilines is 2. The van der Waals surface area contributed by atoms with Crippen molar-refractivity contribution in [2.45, 2.75) is 17.7 Å². The normalized spacial score (nSPS) is 11.9. The van der Waals surface area contributed by atoms with Crippen molar-refractivity contribution in [3.63, 3.8) is 0 Å². The molecule has 0 spiro atoms. The molecule has 5 rings (SSSR count). The molecule has 0 aliphatic heterocycles. The van der Waals surface area contributed by atoms with Crippen LogP contribution in [0, 0.1) is 5.82 Å². The molecule has 7 nitrogen and oxygen atoms in total. The Hall–Kier alpha value is -4.37. The molecular weight excluding hydrogens is 503 g/mol. The number of Topliss-reactive ketones (excluding diaryl/α,β-unsaturated/α-hetero) is 1. The maximum Gasteiger partial charge on any atom is 0.247 e. The minimum absolute atomic E-state index is 0.0719. The van der Waals surface area contributed by atoms with Crippen LogP contribution in [0.5, 0.6) is 5.75 Å². The minimum Gasteiger partial charge on any atom is -0.495 e. The van der Waals surface area contributed by atoms with E-state index >= 15 is 0 Å². The van der Waals surface area contributed by atoms with Crippen molar-refractivity contribution in [1.82, 2.24) is 14.6 Å². The Kier molecular flexibility index (Phi) is 7.28. The minimum atomic E-state index is -1.11. The van der Waals surface area contributed by atoms with Gasteiger partial charge in [0.2, 0.25) is 5.95 Å². The monoisotopic (exact) mass is 528 g/mol. The van der Waals surface area contributed by atoms with Crippen LogP contribution in [-0.2, 0) is 28.4 Å². The van der Waals surface area contributed by atoms with E-state index in [1.54, 1.807) is 48.2 Å². The van der Waals surface area contributed by atoms with E-state index in [9.17, 15) is 13.4 Å². The Morgan fingerprint density at radius 2 is 1.61 bits per heavy atom. The average molecular weight is 529 g/mol. The maximum atomic E-state index is 13.1. The number of nitrogens with zero attached hydrogens (tertiary/aromatic N) is 3. The van der Waals surface area contributed by atoms with Crippen molar-refractivity contribution in [2.24, 2.45) is 0 Å². The average Bonchev–Trinajstić information content (AvgIpc) is 3.32. The SMILES string of the molecule is COc1cc([S@@](C)=O)ccc1Nc1nc2ccc(-c3ccc(CC(=O)Cc4ccc(F)cc4)cc3)cn2n1. The van der Waals surface area contributed by atoms with Gasteiger partial charge in [-0.3, -0.25) is 9.00 Å². The molecule has 0 fully saturated rings. The molecule has 0 saturated heterocycles. The van der Waals surface area contributed by atoms with E-state index in [1.165, 1.54) is 12.1 Å². The second-order valence-corrected chi connectivity index (χ2v) is 10.2. The van der Waals surface area contributed by atoms with Crippen molar-refractivity contribution in [1.29, 1.82) is 0 Å². The number of aromatic nitrogens is 3. The number of methoxy groups -OCH3 is 1. The summed E-state index contributed by atoms with van der Waals surface area (Å²) < 4.78 is 32.0. The van der Waals surface area contributed by atoms with Crippen molar-refractivity contribution in [2.75, 3.05) is 18.7 Å². The van der Waals surface area contributed by atoms with Gasteiger partial charge in [-0.2, -0.15) is 4.98 Å². The topological polar surface area (TPSA) is 85.6 Å². The van der Waals surface area contributed by atoms with Crippen LogP contribution in [0.15, 0.2) is 90.0 Å². The van der Waals surface area contributed by atoms with Crippen LogP contribution in [0.2, 0.25) is 0 Å². The lowest BCUT2D eigenvalue weighted by atomic mass is 10.0. The van der Waals surface area contributed by atoms with E-state index in [0.717, 1.165) is 22.3 Å². The number of hydrogen-bond acceptors (Lipinski definition) is 6. The summed E-state index contributed by atoms with van der Waals surface area (Å²) in [5.41, 5.74) is 4.99. The molecule has 2 heterocycles. The van der Waals surface area contributed by atoms with Crippen LogP contribution in [-0.4, -0.2) is 38.0 Å². The number of fused-ring (bicyclic) bond motifs is 1. The summed E-state index contributed by atoms with van der Waals surface area (Å²) in [5.74, 6) is 0.715. The van der Waals surface area contributed by atoms with Gasteiger partial charge in [-0.05, 0) is 59.2 Å². The third-order valence-electron chi connectivity index (χ3n) is 6.09. The summed E-state index contributed by atoms with van der Waals surface area (Å²) in [4.78, 5) is 17.6. The number of carbonyl (C=O) groups excluding carboxylic acids is 1. The van der Waals surface area contributed by atoms with Gasteiger partial charge in [-0.1, -0.05) is 36.4 Å². The van der Waals surface area contributed by atoms with E-state index in [-0.39, 0.29) is 18.0 Å². The predicted molar refractivity (Wildman–Crippen MR) is 146 cm³/mol. The zero-order chi connectivity index (χ0) is 26.6. The molecule has 0 aliphatic rings. The first-order valence-corrected chi connectivity index (χ1v) is 13.4. The Morgan fingerprint density at radius 3 is 2.26 bits per heavy atom. The lowest BCUT2D eigenvalue weighted by molar-refractivity contribution is -0.117. The van der Waals surface area contributed by atoms with Crippen molar-refractivity contribution >= 4 is 33.9 Å². The van der Waals surface area contributed by atoms with Gasteiger partial charge in [0.25, 0.3) is 0 Å². The summed E-state index contributed by atoms with van der Waals surface area (Å²) >= 11 is 0. The van der Waals surface area contributed by atoms with E-state index < -0.39 is 10.8 Å². The van der Waals surface area contributed by atoms with E-state index in [1.807, 2.05) is 42.6 Å². The molecule has 2 aromatic heterocycles. The molecule has 3 aromatic carbocycles. The number of nitrogens with one attached hydrogen (secondary N) is 1. The zero-order valence-corrected chi connectivity index (χ0v) is 21.7. The summed E-state index contributed by atoms with van der Waals surface area (Å²) in [5, 5.41) is 7.71. The summed E-state index contributed by atoms with van der Waals surface area (Å²) in [6, 6.07) is 23.0. The highest BCUT2D eigenvalue weighted by Crippen LogP contribution is 2.29. The lowest BCUT2D eigenvalue weighted by Gasteiger charge is -2.09. The maximum absolute atomic E-state index is 13.1. The van der Waals surface area contributed by atoms with E-state index in [0.29, 0.717) is 34.3 Å². The van der Waals surface area contributed by atoms with Gasteiger partial charge in [0.05, 0.1) is 12.8 Å². The highest BCUT2D eigenvalue weighted by atomic mass is 32.2. The molecule has 0 bridgehead atoms. The Morgan fingerprint density at radius 1 is 0.947 bits per heavy atom. The number of ether oxygens (including phenoxy) is 1. The van der Waals surface area contributed by atoms with Crippen LogP contribution in [0.1, 0.15) is 11.1 Å². The van der Waals surface area contributed by atoms with E-state index in [4.69, 9.17) is 4.74 Å². The molecule has 0 unspecified atom stereocenters. The predicted octanol–water partition coefficient (Wildman–Crippen LogP) is 5.38. The molecule has 1 N–H and O–H groups in total. The van der Waals surface area contributed by atoms with Crippen LogP contribution >= 0.6 is 0 Å². The van der Waals surface area contributed by atoms with Gasteiger partial charge < -0.3 is 10.1 Å². The quantitative estimate of drug-likeness (QED) is 0.277. The molecule has 9 heteroatoms. The molecule has 0 aliphatic carbocycles. The molecule has 192 valence electrons. The Balaban J connectivity index is 1.28. The second kappa shape index (κ2) is 10.9. The summed E-state index contributed by atoms with van der Waals surface area (Å²) in [6.45, 7) is 0.